The normalized spacial score (nSPS) is 10.4. The molecule has 3 aromatic rings. The fourth-order valence-corrected chi connectivity index (χ4v) is 3.09. The number of aromatic nitrogens is 3. The van der Waals surface area contributed by atoms with E-state index in [1.165, 1.54) is 23.1 Å². The van der Waals surface area contributed by atoms with E-state index in [9.17, 15) is 4.79 Å². The van der Waals surface area contributed by atoms with Crippen molar-refractivity contribution in [2.24, 2.45) is 0 Å². The van der Waals surface area contributed by atoms with Crippen molar-refractivity contribution in [2.45, 2.75) is 4.34 Å². The van der Waals surface area contributed by atoms with Crippen molar-refractivity contribution < 1.29 is 4.79 Å². The number of anilines is 1. The van der Waals surface area contributed by atoms with Crippen molar-refractivity contribution in [1.82, 2.24) is 15.2 Å². The van der Waals surface area contributed by atoms with Gasteiger partial charge in [-0.1, -0.05) is 53.4 Å². The molecule has 7 heteroatoms. The van der Waals surface area contributed by atoms with Crippen LogP contribution >= 0.6 is 23.1 Å². The number of amides is 1. The average Bonchev–Trinajstić information content (AvgIpc) is 3.08. The van der Waals surface area contributed by atoms with Crippen LogP contribution in [0, 0.1) is 0 Å². The Kier molecular flexibility index (Phi) is 4.77. The zero-order chi connectivity index (χ0) is 15.2. The van der Waals surface area contributed by atoms with Crippen molar-refractivity contribution >= 4 is 34.8 Å². The quantitative estimate of drug-likeness (QED) is 0.728. The summed E-state index contributed by atoms with van der Waals surface area (Å²) in [4.78, 5) is 16.1. The van der Waals surface area contributed by atoms with Crippen LogP contribution in [0.3, 0.4) is 0 Å². The predicted molar refractivity (Wildman–Crippen MR) is 88.9 cm³/mol. The van der Waals surface area contributed by atoms with Gasteiger partial charge in [-0.2, -0.15) is 0 Å². The van der Waals surface area contributed by atoms with E-state index in [0.717, 1.165) is 15.5 Å². The lowest BCUT2D eigenvalue weighted by molar-refractivity contribution is -0.113. The van der Waals surface area contributed by atoms with Gasteiger partial charge >= 0.3 is 0 Å². The first-order valence-corrected chi connectivity index (χ1v) is 8.38. The van der Waals surface area contributed by atoms with Gasteiger partial charge in [0.25, 0.3) is 0 Å². The molecule has 0 spiro atoms. The third-order valence-electron chi connectivity index (χ3n) is 2.80. The van der Waals surface area contributed by atoms with Gasteiger partial charge in [-0.15, -0.1) is 10.2 Å². The number of carbonyl (C=O) groups is 1. The summed E-state index contributed by atoms with van der Waals surface area (Å²) in [6.45, 7) is 0. The number of nitrogens with zero attached hydrogens (tertiary/aromatic N) is 3. The molecule has 22 heavy (non-hydrogen) atoms. The van der Waals surface area contributed by atoms with Crippen LogP contribution in [-0.2, 0) is 4.79 Å². The Morgan fingerprint density at radius 3 is 2.68 bits per heavy atom. The van der Waals surface area contributed by atoms with Gasteiger partial charge < -0.3 is 5.32 Å². The van der Waals surface area contributed by atoms with Crippen molar-refractivity contribution in [3.05, 3.63) is 54.2 Å². The zero-order valence-electron chi connectivity index (χ0n) is 11.5. The van der Waals surface area contributed by atoms with Gasteiger partial charge in [0, 0.05) is 11.8 Å². The van der Waals surface area contributed by atoms with Crippen LogP contribution in [0.5, 0.6) is 0 Å². The number of hydrogen-bond donors (Lipinski definition) is 1. The lowest BCUT2D eigenvalue weighted by Crippen LogP contribution is -2.14. The first-order valence-electron chi connectivity index (χ1n) is 6.51. The van der Waals surface area contributed by atoms with E-state index < -0.39 is 0 Å². The van der Waals surface area contributed by atoms with Crippen molar-refractivity contribution in [2.75, 3.05) is 11.1 Å². The van der Waals surface area contributed by atoms with Crippen molar-refractivity contribution in [3.8, 4) is 11.1 Å². The molecular weight excluding hydrogens is 316 g/mol. The second-order valence-electron chi connectivity index (χ2n) is 4.34. The first kappa shape index (κ1) is 14.7. The van der Waals surface area contributed by atoms with E-state index in [2.05, 4.69) is 20.5 Å². The lowest BCUT2D eigenvalue weighted by atomic mass is 10.1. The van der Waals surface area contributed by atoms with Gasteiger partial charge in [-0.3, -0.25) is 4.79 Å². The molecule has 1 amide bonds. The number of benzene rings is 1. The summed E-state index contributed by atoms with van der Waals surface area (Å²) in [5.74, 6) is 0.722. The average molecular weight is 328 g/mol. The topological polar surface area (TPSA) is 67.8 Å². The van der Waals surface area contributed by atoms with Crippen molar-refractivity contribution in [1.29, 1.82) is 0 Å². The molecule has 2 aromatic heterocycles. The maximum absolute atomic E-state index is 11.8. The molecule has 0 atom stereocenters. The molecule has 2 heterocycles. The van der Waals surface area contributed by atoms with Crippen molar-refractivity contribution in [3.63, 3.8) is 0 Å². The van der Waals surface area contributed by atoms with E-state index >= 15 is 0 Å². The molecule has 0 aliphatic rings. The molecule has 3 rings (SSSR count). The third kappa shape index (κ3) is 3.90. The Labute approximate surface area is 135 Å². The summed E-state index contributed by atoms with van der Waals surface area (Å²) in [5.41, 5.74) is 3.76. The van der Waals surface area contributed by atoms with E-state index in [0.29, 0.717) is 5.82 Å². The molecule has 0 aliphatic heterocycles. The summed E-state index contributed by atoms with van der Waals surface area (Å²) in [6, 6.07) is 13.7. The number of nitrogens with one attached hydrogen (secondary N) is 1. The number of thioether (sulfide) groups is 1. The summed E-state index contributed by atoms with van der Waals surface area (Å²) < 4.78 is 0.780. The zero-order valence-corrected chi connectivity index (χ0v) is 13.1. The molecular formula is C15H12N4OS2. The molecule has 0 unspecified atom stereocenters. The predicted octanol–water partition coefficient (Wildman–Crippen LogP) is 3.33. The Hall–Kier alpha value is -2.25. The fraction of sp³-hybridized carbons (Fsp3) is 0.0667. The summed E-state index contributed by atoms with van der Waals surface area (Å²) in [7, 11) is 0. The van der Waals surface area contributed by atoms with Crippen LogP contribution in [0.25, 0.3) is 11.1 Å². The Bertz CT molecular complexity index is 730. The van der Waals surface area contributed by atoms with E-state index in [4.69, 9.17) is 0 Å². The fourth-order valence-electron chi connectivity index (χ4n) is 1.80. The van der Waals surface area contributed by atoms with Crippen LogP contribution in [0.4, 0.5) is 5.82 Å². The molecule has 0 fully saturated rings. The van der Waals surface area contributed by atoms with E-state index in [1.54, 1.807) is 17.8 Å². The molecule has 0 aliphatic carbocycles. The molecule has 0 bridgehead atoms. The Balaban J connectivity index is 1.58. The van der Waals surface area contributed by atoms with Gasteiger partial charge in [0.1, 0.15) is 11.3 Å². The standard InChI is InChI=1S/C15H12N4OS2/c20-14(9-21-15-19-17-10-22-15)18-13-7-6-12(8-16-13)11-4-2-1-3-5-11/h1-8,10H,9H2,(H,16,18,20). The highest BCUT2D eigenvalue weighted by atomic mass is 32.2. The largest absolute Gasteiger partial charge is 0.310 e. The van der Waals surface area contributed by atoms with E-state index in [1.807, 2.05) is 36.4 Å². The minimum atomic E-state index is -0.111. The molecule has 1 aromatic carbocycles. The smallest absolute Gasteiger partial charge is 0.235 e. The van der Waals surface area contributed by atoms with Gasteiger partial charge in [-0.25, -0.2) is 4.98 Å². The molecule has 0 saturated carbocycles. The minimum absolute atomic E-state index is 0.111. The number of pyridine rings is 1. The summed E-state index contributed by atoms with van der Waals surface area (Å²) in [6.07, 6.45) is 1.75. The van der Waals surface area contributed by atoms with Gasteiger partial charge in [-0.05, 0) is 17.7 Å². The number of hydrogen-bond acceptors (Lipinski definition) is 6. The molecule has 0 radical (unpaired) electrons. The summed E-state index contributed by atoms with van der Waals surface area (Å²) in [5, 5.41) is 10.4. The summed E-state index contributed by atoms with van der Waals surface area (Å²) >= 11 is 2.78. The van der Waals surface area contributed by atoms with E-state index in [-0.39, 0.29) is 11.7 Å². The SMILES string of the molecule is O=C(CSc1nncs1)Nc1ccc(-c2ccccc2)cn1. The highest BCUT2D eigenvalue weighted by Crippen LogP contribution is 2.20. The molecule has 110 valence electrons. The second kappa shape index (κ2) is 7.15. The Morgan fingerprint density at radius 1 is 1.14 bits per heavy atom. The maximum atomic E-state index is 11.8. The van der Waals surface area contributed by atoms with Gasteiger partial charge in [0.15, 0.2) is 4.34 Å². The minimum Gasteiger partial charge on any atom is -0.310 e. The van der Waals surface area contributed by atoms with Crippen LogP contribution in [0.15, 0.2) is 58.5 Å². The van der Waals surface area contributed by atoms with Crippen LogP contribution in [0.2, 0.25) is 0 Å². The molecule has 5 nitrogen and oxygen atoms in total. The third-order valence-corrected chi connectivity index (χ3v) is 4.67. The number of rotatable bonds is 5. The second-order valence-corrected chi connectivity index (χ2v) is 6.40. The highest BCUT2D eigenvalue weighted by molar-refractivity contribution is 8.01. The Morgan fingerprint density at radius 2 is 2.00 bits per heavy atom. The first-order chi connectivity index (χ1) is 10.8. The van der Waals surface area contributed by atoms with Crippen LogP contribution in [0.1, 0.15) is 0 Å². The van der Waals surface area contributed by atoms with Gasteiger partial charge in [0.05, 0.1) is 5.75 Å². The van der Waals surface area contributed by atoms with Crippen LogP contribution < -0.4 is 5.32 Å². The van der Waals surface area contributed by atoms with Crippen LogP contribution in [-0.4, -0.2) is 26.8 Å². The lowest BCUT2D eigenvalue weighted by Gasteiger charge is -2.05. The van der Waals surface area contributed by atoms with Gasteiger partial charge in [0.2, 0.25) is 5.91 Å². The maximum Gasteiger partial charge on any atom is 0.235 e. The monoisotopic (exact) mass is 328 g/mol. The molecule has 1 N–H and O–H groups in total. The number of carbonyl (C=O) groups excluding carboxylic acids is 1. The highest BCUT2D eigenvalue weighted by Gasteiger charge is 2.06. The molecule has 0 saturated heterocycles.